The number of hydrogen-bond acceptors (Lipinski definition) is 3. The molecule has 0 aliphatic rings. The Bertz CT molecular complexity index is 629. The van der Waals surface area contributed by atoms with Gasteiger partial charge in [0.25, 0.3) is 0 Å². The summed E-state index contributed by atoms with van der Waals surface area (Å²) in [6, 6.07) is 13.9. The van der Waals surface area contributed by atoms with E-state index in [9.17, 15) is 4.79 Å². The third-order valence-electron chi connectivity index (χ3n) is 3.14. The van der Waals surface area contributed by atoms with Gasteiger partial charge < -0.3 is 16.0 Å². The van der Waals surface area contributed by atoms with Crippen molar-refractivity contribution in [1.82, 2.24) is 0 Å². The van der Waals surface area contributed by atoms with E-state index in [4.69, 9.17) is 17.3 Å². The van der Waals surface area contributed by atoms with Crippen molar-refractivity contribution < 1.29 is 4.79 Å². The molecule has 0 aromatic heterocycles. The molecule has 0 unspecified atom stereocenters. The fourth-order valence-corrected chi connectivity index (χ4v) is 2.19. The standard InChI is InChI=1S/C16H18ClN3O/c1-20(2)14-9-8-12(17)10-13(14)19-16(21)15(18)11-6-4-3-5-7-11/h3-10,15H,18H2,1-2H3,(H,19,21)/t15-/m1/s1. The van der Waals surface area contributed by atoms with Crippen LogP contribution in [0.3, 0.4) is 0 Å². The van der Waals surface area contributed by atoms with E-state index < -0.39 is 6.04 Å². The summed E-state index contributed by atoms with van der Waals surface area (Å²) in [6.07, 6.45) is 0. The fraction of sp³-hybridized carbons (Fsp3) is 0.188. The van der Waals surface area contributed by atoms with Crippen LogP contribution in [0.15, 0.2) is 48.5 Å². The Kier molecular flexibility index (Phi) is 4.83. The van der Waals surface area contributed by atoms with Crippen LogP contribution in [-0.4, -0.2) is 20.0 Å². The molecule has 2 rings (SSSR count). The number of nitrogens with two attached hydrogens (primary N) is 1. The fourth-order valence-electron chi connectivity index (χ4n) is 2.02. The van der Waals surface area contributed by atoms with Crippen LogP contribution in [-0.2, 0) is 4.79 Å². The molecule has 0 radical (unpaired) electrons. The molecule has 0 saturated carbocycles. The molecule has 2 aromatic carbocycles. The maximum atomic E-state index is 12.3. The van der Waals surface area contributed by atoms with E-state index in [0.717, 1.165) is 11.3 Å². The average Bonchev–Trinajstić information content (AvgIpc) is 2.47. The maximum Gasteiger partial charge on any atom is 0.245 e. The molecule has 1 atom stereocenters. The molecular weight excluding hydrogens is 286 g/mol. The molecule has 0 aliphatic heterocycles. The monoisotopic (exact) mass is 303 g/mol. The Morgan fingerprint density at radius 3 is 2.48 bits per heavy atom. The van der Waals surface area contributed by atoms with Gasteiger partial charge in [-0.3, -0.25) is 4.79 Å². The zero-order valence-corrected chi connectivity index (χ0v) is 12.8. The lowest BCUT2D eigenvalue weighted by Gasteiger charge is -2.20. The summed E-state index contributed by atoms with van der Waals surface area (Å²) in [5, 5.41) is 3.40. The second-order valence-corrected chi connectivity index (χ2v) is 5.37. The molecule has 4 nitrogen and oxygen atoms in total. The van der Waals surface area contributed by atoms with E-state index in [0.29, 0.717) is 10.7 Å². The van der Waals surface area contributed by atoms with Crippen molar-refractivity contribution in [3.8, 4) is 0 Å². The Balaban J connectivity index is 2.22. The molecular formula is C16H18ClN3O. The summed E-state index contributed by atoms with van der Waals surface area (Å²) in [4.78, 5) is 14.2. The Labute approximate surface area is 129 Å². The van der Waals surface area contributed by atoms with Gasteiger partial charge in [0.2, 0.25) is 5.91 Å². The number of benzene rings is 2. The Morgan fingerprint density at radius 1 is 1.19 bits per heavy atom. The molecule has 21 heavy (non-hydrogen) atoms. The van der Waals surface area contributed by atoms with Gasteiger partial charge in [0.05, 0.1) is 11.4 Å². The number of hydrogen-bond donors (Lipinski definition) is 2. The zero-order valence-electron chi connectivity index (χ0n) is 12.0. The van der Waals surface area contributed by atoms with E-state index in [1.165, 1.54) is 0 Å². The first-order valence-corrected chi connectivity index (χ1v) is 6.95. The number of nitrogens with one attached hydrogen (secondary N) is 1. The number of nitrogens with zero attached hydrogens (tertiary/aromatic N) is 1. The number of anilines is 2. The lowest BCUT2D eigenvalue weighted by Crippen LogP contribution is -2.28. The van der Waals surface area contributed by atoms with Crippen LogP contribution in [0.1, 0.15) is 11.6 Å². The lowest BCUT2D eigenvalue weighted by atomic mass is 10.1. The van der Waals surface area contributed by atoms with Gasteiger partial charge >= 0.3 is 0 Å². The summed E-state index contributed by atoms with van der Waals surface area (Å²) in [5.74, 6) is -0.272. The van der Waals surface area contributed by atoms with Crippen LogP contribution in [0, 0.1) is 0 Å². The SMILES string of the molecule is CN(C)c1ccc(Cl)cc1NC(=O)[C@H](N)c1ccccc1. The zero-order chi connectivity index (χ0) is 15.4. The predicted molar refractivity (Wildman–Crippen MR) is 87.8 cm³/mol. The molecule has 1 amide bonds. The minimum absolute atomic E-state index is 0.272. The van der Waals surface area contributed by atoms with Gasteiger partial charge in [0, 0.05) is 19.1 Å². The highest BCUT2D eigenvalue weighted by Gasteiger charge is 2.17. The van der Waals surface area contributed by atoms with Crippen molar-refractivity contribution in [1.29, 1.82) is 0 Å². The minimum Gasteiger partial charge on any atom is -0.376 e. The van der Waals surface area contributed by atoms with Crippen molar-refractivity contribution in [2.75, 3.05) is 24.3 Å². The van der Waals surface area contributed by atoms with E-state index in [1.54, 1.807) is 12.1 Å². The topological polar surface area (TPSA) is 58.4 Å². The summed E-state index contributed by atoms with van der Waals surface area (Å²) in [6.45, 7) is 0. The summed E-state index contributed by atoms with van der Waals surface area (Å²) in [7, 11) is 3.80. The maximum absolute atomic E-state index is 12.3. The van der Waals surface area contributed by atoms with Crippen LogP contribution in [0.2, 0.25) is 5.02 Å². The van der Waals surface area contributed by atoms with Crippen molar-refractivity contribution >= 4 is 28.9 Å². The van der Waals surface area contributed by atoms with E-state index in [-0.39, 0.29) is 5.91 Å². The lowest BCUT2D eigenvalue weighted by molar-refractivity contribution is -0.117. The molecule has 3 N–H and O–H groups in total. The number of rotatable bonds is 4. The van der Waals surface area contributed by atoms with Crippen LogP contribution >= 0.6 is 11.6 Å². The van der Waals surface area contributed by atoms with Crippen molar-refractivity contribution in [3.05, 3.63) is 59.1 Å². The number of carbonyl (C=O) groups is 1. The van der Waals surface area contributed by atoms with Crippen LogP contribution < -0.4 is 16.0 Å². The molecule has 110 valence electrons. The number of amides is 1. The molecule has 5 heteroatoms. The smallest absolute Gasteiger partial charge is 0.245 e. The third-order valence-corrected chi connectivity index (χ3v) is 3.37. The van der Waals surface area contributed by atoms with Gasteiger partial charge in [-0.2, -0.15) is 0 Å². The van der Waals surface area contributed by atoms with Crippen LogP contribution in [0.5, 0.6) is 0 Å². The molecule has 0 bridgehead atoms. The average molecular weight is 304 g/mol. The highest BCUT2D eigenvalue weighted by atomic mass is 35.5. The van der Waals surface area contributed by atoms with E-state index in [2.05, 4.69) is 5.32 Å². The van der Waals surface area contributed by atoms with Crippen LogP contribution in [0.25, 0.3) is 0 Å². The predicted octanol–water partition coefficient (Wildman–Crippen LogP) is 3.04. The summed E-state index contributed by atoms with van der Waals surface area (Å²) in [5.41, 5.74) is 8.27. The summed E-state index contributed by atoms with van der Waals surface area (Å²) >= 11 is 6.00. The van der Waals surface area contributed by atoms with Gasteiger partial charge in [0.1, 0.15) is 6.04 Å². The Morgan fingerprint density at radius 2 is 1.86 bits per heavy atom. The number of halogens is 1. The first-order chi connectivity index (χ1) is 9.99. The summed E-state index contributed by atoms with van der Waals surface area (Å²) < 4.78 is 0. The first-order valence-electron chi connectivity index (χ1n) is 6.57. The third kappa shape index (κ3) is 3.74. The second kappa shape index (κ2) is 6.61. The van der Waals surface area contributed by atoms with Crippen molar-refractivity contribution in [2.45, 2.75) is 6.04 Å². The molecule has 0 fully saturated rings. The van der Waals surface area contributed by atoms with Crippen molar-refractivity contribution in [3.63, 3.8) is 0 Å². The quantitative estimate of drug-likeness (QED) is 0.912. The van der Waals surface area contributed by atoms with Gasteiger partial charge in [-0.1, -0.05) is 41.9 Å². The van der Waals surface area contributed by atoms with E-state index in [1.807, 2.05) is 55.4 Å². The molecule has 0 heterocycles. The molecule has 0 spiro atoms. The van der Waals surface area contributed by atoms with Crippen molar-refractivity contribution in [2.24, 2.45) is 5.73 Å². The van der Waals surface area contributed by atoms with Gasteiger partial charge in [-0.05, 0) is 23.8 Å². The highest BCUT2D eigenvalue weighted by molar-refractivity contribution is 6.31. The first kappa shape index (κ1) is 15.4. The number of carbonyl (C=O) groups excluding carboxylic acids is 1. The Hall–Kier alpha value is -2.04. The highest BCUT2D eigenvalue weighted by Crippen LogP contribution is 2.28. The second-order valence-electron chi connectivity index (χ2n) is 4.93. The van der Waals surface area contributed by atoms with Gasteiger partial charge in [0.15, 0.2) is 0 Å². The minimum atomic E-state index is -0.722. The normalized spacial score (nSPS) is 11.8. The van der Waals surface area contributed by atoms with E-state index >= 15 is 0 Å². The molecule has 0 aliphatic carbocycles. The van der Waals surface area contributed by atoms with Gasteiger partial charge in [-0.25, -0.2) is 0 Å². The van der Waals surface area contributed by atoms with Gasteiger partial charge in [-0.15, -0.1) is 0 Å². The van der Waals surface area contributed by atoms with Crippen LogP contribution in [0.4, 0.5) is 11.4 Å². The molecule has 0 saturated heterocycles. The molecule has 2 aromatic rings. The largest absolute Gasteiger partial charge is 0.376 e.